The first-order valence-electron chi connectivity index (χ1n) is 7.44. The molecule has 0 radical (unpaired) electrons. The zero-order valence-corrected chi connectivity index (χ0v) is 15.0. The van der Waals surface area contributed by atoms with E-state index in [0.29, 0.717) is 25.4 Å². The summed E-state index contributed by atoms with van der Waals surface area (Å²) in [6, 6.07) is 0. The predicted molar refractivity (Wildman–Crippen MR) is 89.0 cm³/mol. The van der Waals surface area contributed by atoms with Crippen molar-refractivity contribution in [3.63, 3.8) is 0 Å². The molecule has 0 atom stereocenters. The van der Waals surface area contributed by atoms with Crippen molar-refractivity contribution in [1.82, 2.24) is 0 Å². The van der Waals surface area contributed by atoms with Gasteiger partial charge in [0.15, 0.2) is 0 Å². The molecule has 6 heteroatoms. The minimum Gasteiger partial charge on any atom is -0.463 e. The second kappa shape index (κ2) is 11.4. The Balaban J connectivity index is 4.66. The van der Waals surface area contributed by atoms with Crippen LogP contribution in [0.4, 0.5) is 0 Å². The number of hydrogen-bond donors (Lipinski definition) is 0. The second-order valence-electron chi connectivity index (χ2n) is 4.57. The maximum Gasteiger partial charge on any atom is 0.334 e. The standard InChI is InChI=1S/C16H27O5P/c1-6-19-16(17)15(5)12-10-9-11-14(4)13-22(18,20-7-2)21-8-3/h9-12H,6-8,13H2,1-5H3/b10-9+,14-11+,15-12+. The number of allylic oxidation sites excluding steroid dienone is 5. The average Bonchev–Trinajstić information content (AvgIpc) is 2.43. The Morgan fingerprint density at radius 3 is 2.00 bits per heavy atom. The summed E-state index contributed by atoms with van der Waals surface area (Å²) in [5.41, 5.74) is 1.40. The minimum atomic E-state index is -3.06. The van der Waals surface area contributed by atoms with E-state index in [0.717, 1.165) is 5.57 Å². The van der Waals surface area contributed by atoms with Gasteiger partial charge in [-0.3, -0.25) is 4.57 Å². The fourth-order valence-corrected chi connectivity index (χ4v) is 3.37. The molecule has 0 amide bonds. The van der Waals surface area contributed by atoms with E-state index in [4.69, 9.17) is 13.8 Å². The monoisotopic (exact) mass is 330 g/mol. The molecule has 0 unspecified atom stereocenters. The highest BCUT2D eigenvalue weighted by Crippen LogP contribution is 2.49. The van der Waals surface area contributed by atoms with Crippen molar-refractivity contribution in [3.8, 4) is 0 Å². The molecule has 0 heterocycles. The van der Waals surface area contributed by atoms with Crippen molar-refractivity contribution in [2.45, 2.75) is 34.6 Å². The van der Waals surface area contributed by atoms with Gasteiger partial charge in [-0.05, 0) is 34.6 Å². The first-order chi connectivity index (χ1) is 10.4. The van der Waals surface area contributed by atoms with Gasteiger partial charge in [0.2, 0.25) is 0 Å². The molecule has 0 aliphatic carbocycles. The van der Waals surface area contributed by atoms with Crippen LogP contribution in [0.25, 0.3) is 0 Å². The summed E-state index contributed by atoms with van der Waals surface area (Å²) in [6.07, 6.45) is 7.26. The van der Waals surface area contributed by atoms with Crippen LogP contribution >= 0.6 is 7.60 Å². The summed E-state index contributed by atoms with van der Waals surface area (Å²) >= 11 is 0. The number of esters is 1. The Morgan fingerprint density at radius 2 is 1.50 bits per heavy atom. The third-order valence-electron chi connectivity index (χ3n) is 2.53. The Kier molecular flexibility index (Phi) is 10.8. The smallest absolute Gasteiger partial charge is 0.334 e. The number of carbonyl (C=O) groups is 1. The minimum absolute atomic E-state index is 0.250. The van der Waals surface area contributed by atoms with E-state index in [2.05, 4.69) is 0 Å². The van der Waals surface area contributed by atoms with Crippen molar-refractivity contribution in [2.75, 3.05) is 26.0 Å². The van der Waals surface area contributed by atoms with Gasteiger partial charge in [-0.15, -0.1) is 0 Å². The lowest BCUT2D eigenvalue weighted by Crippen LogP contribution is -2.04. The molecule has 0 aliphatic rings. The van der Waals surface area contributed by atoms with Crippen LogP contribution in [0.15, 0.2) is 35.5 Å². The molecule has 0 aliphatic heterocycles. The van der Waals surface area contributed by atoms with Gasteiger partial charge >= 0.3 is 13.6 Å². The van der Waals surface area contributed by atoms with Crippen molar-refractivity contribution >= 4 is 13.6 Å². The molecule has 0 rings (SSSR count). The van der Waals surface area contributed by atoms with Gasteiger partial charge in [-0.25, -0.2) is 4.79 Å². The van der Waals surface area contributed by atoms with Crippen LogP contribution in [0.1, 0.15) is 34.6 Å². The topological polar surface area (TPSA) is 61.8 Å². The van der Waals surface area contributed by atoms with Crippen LogP contribution in [0.5, 0.6) is 0 Å². The highest BCUT2D eigenvalue weighted by Gasteiger charge is 2.23. The first kappa shape index (κ1) is 20.8. The van der Waals surface area contributed by atoms with Gasteiger partial charge in [0.1, 0.15) is 0 Å². The summed E-state index contributed by atoms with van der Waals surface area (Å²) in [7, 11) is -3.06. The third-order valence-corrected chi connectivity index (χ3v) is 4.72. The van der Waals surface area contributed by atoms with Gasteiger partial charge in [-0.2, -0.15) is 0 Å². The lowest BCUT2D eigenvalue weighted by Gasteiger charge is -2.16. The SMILES string of the molecule is CCOC(=O)/C(C)=C/C=C/C=C(\C)CP(=O)(OCC)OCC. The zero-order chi connectivity index (χ0) is 17.0. The highest BCUT2D eigenvalue weighted by molar-refractivity contribution is 7.54. The highest BCUT2D eigenvalue weighted by atomic mass is 31.2. The fourth-order valence-electron chi connectivity index (χ4n) is 1.61. The van der Waals surface area contributed by atoms with Gasteiger partial charge in [0.05, 0.1) is 26.0 Å². The third kappa shape index (κ3) is 8.98. The van der Waals surface area contributed by atoms with Crippen LogP contribution in [-0.4, -0.2) is 32.0 Å². The van der Waals surface area contributed by atoms with Gasteiger partial charge in [0.25, 0.3) is 0 Å². The molecule has 0 aromatic rings. The van der Waals surface area contributed by atoms with Gasteiger partial charge < -0.3 is 13.8 Å². The molecule has 0 aromatic carbocycles. The van der Waals surface area contributed by atoms with E-state index in [1.54, 1.807) is 45.9 Å². The molecule has 0 saturated heterocycles. The number of carbonyl (C=O) groups excluding carboxylic acids is 1. The summed E-state index contributed by atoms with van der Waals surface area (Å²) < 4.78 is 27.7. The largest absolute Gasteiger partial charge is 0.463 e. The summed E-state index contributed by atoms with van der Waals surface area (Å²) in [6.45, 7) is 9.94. The summed E-state index contributed by atoms with van der Waals surface area (Å²) in [4.78, 5) is 11.4. The molecular formula is C16H27O5P. The molecule has 0 aromatic heterocycles. The van der Waals surface area contributed by atoms with Gasteiger partial charge in [-0.1, -0.05) is 29.9 Å². The lowest BCUT2D eigenvalue weighted by molar-refractivity contribution is -0.138. The molecule has 126 valence electrons. The van der Waals surface area contributed by atoms with Crippen LogP contribution in [0, 0.1) is 0 Å². The Bertz CT molecular complexity index is 467. The van der Waals surface area contributed by atoms with E-state index >= 15 is 0 Å². The summed E-state index contributed by atoms with van der Waals surface area (Å²) in [5, 5.41) is 0. The fraction of sp³-hybridized carbons (Fsp3) is 0.562. The van der Waals surface area contributed by atoms with E-state index in [9.17, 15) is 9.36 Å². The molecule has 0 fully saturated rings. The lowest BCUT2D eigenvalue weighted by atomic mass is 10.2. The number of rotatable bonds is 10. The molecule has 0 N–H and O–H groups in total. The molecule has 5 nitrogen and oxygen atoms in total. The van der Waals surface area contributed by atoms with Crippen molar-refractivity contribution < 1.29 is 23.1 Å². The predicted octanol–water partition coefficient (Wildman–Crippen LogP) is 4.26. The Morgan fingerprint density at radius 1 is 0.955 bits per heavy atom. The van der Waals surface area contributed by atoms with E-state index < -0.39 is 7.60 Å². The van der Waals surface area contributed by atoms with Crippen molar-refractivity contribution in [2.24, 2.45) is 0 Å². The maximum absolute atomic E-state index is 12.3. The molecule has 0 bridgehead atoms. The van der Waals surface area contributed by atoms with Crippen molar-refractivity contribution in [3.05, 3.63) is 35.5 Å². The summed E-state index contributed by atoms with van der Waals surface area (Å²) in [5.74, 6) is -0.329. The molecule has 22 heavy (non-hydrogen) atoms. The number of hydrogen-bond acceptors (Lipinski definition) is 5. The zero-order valence-electron chi connectivity index (χ0n) is 14.1. The normalized spacial score (nSPS) is 13.7. The maximum atomic E-state index is 12.3. The van der Waals surface area contributed by atoms with E-state index in [-0.39, 0.29) is 12.1 Å². The Hall–Kier alpha value is -1.16. The molecular weight excluding hydrogens is 303 g/mol. The quantitative estimate of drug-likeness (QED) is 0.259. The first-order valence-corrected chi connectivity index (χ1v) is 9.17. The molecule has 0 saturated carbocycles. The number of ether oxygens (including phenoxy) is 1. The van der Waals surface area contributed by atoms with Crippen LogP contribution in [-0.2, 0) is 23.1 Å². The van der Waals surface area contributed by atoms with Crippen LogP contribution in [0.3, 0.4) is 0 Å². The average molecular weight is 330 g/mol. The second-order valence-corrected chi connectivity index (χ2v) is 6.63. The van der Waals surface area contributed by atoms with Gasteiger partial charge in [0, 0.05) is 5.57 Å². The molecule has 0 spiro atoms. The van der Waals surface area contributed by atoms with E-state index in [1.807, 2.05) is 13.0 Å². The van der Waals surface area contributed by atoms with Crippen molar-refractivity contribution in [1.29, 1.82) is 0 Å². The van der Waals surface area contributed by atoms with E-state index in [1.165, 1.54) is 0 Å². The Labute approximate surface area is 133 Å². The van der Waals surface area contributed by atoms with Crippen LogP contribution in [0.2, 0.25) is 0 Å². The van der Waals surface area contributed by atoms with Crippen LogP contribution < -0.4 is 0 Å².